The largest absolute Gasteiger partial charge is 0.501 e. The van der Waals surface area contributed by atoms with E-state index in [1.54, 1.807) is 11.9 Å². The van der Waals surface area contributed by atoms with Crippen LogP contribution >= 0.6 is 11.6 Å². The molecule has 3 nitrogen and oxygen atoms in total. The molecule has 1 aromatic rings. The molecule has 0 heterocycles. The molecular formula is C11H13ClF3NO2S. The number of halogens is 4. The maximum absolute atomic E-state index is 12.3. The molecule has 0 spiro atoms. The summed E-state index contributed by atoms with van der Waals surface area (Å²) in [5.74, 6) is 0.346. The van der Waals surface area contributed by atoms with E-state index in [0.29, 0.717) is 11.6 Å². The first-order valence-corrected chi connectivity index (χ1v) is 7.33. The zero-order valence-corrected chi connectivity index (χ0v) is 11.9. The van der Waals surface area contributed by atoms with Crippen LogP contribution in [0.4, 0.5) is 18.9 Å². The topological polar surface area (TPSA) is 37.4 Å². The average Bonchev–Trinajstić information content (AvgIpc) is 2.35. The minimum Gasteiger partial charge on any atom is -0.371 e. The first-order valence-electron chi connectivity index (χ1n) is 5.31. The Labute approximate surface area is 114 Å². The molecule has 0 amide bonds. The predicted octanol–water partition coefficient (Wildman–Crippen LogP) is 3.04. The second-order valence-corrected chi connectivity index (χ2v) is 6.31. The maximum atomic E-state index is 12.3. The minimum atomic E-state index is -5.29. The van der Waals surface area contributed by atoms with Gasteiger partial charge in [-0.2, -0.15) is 13.2 Å². The third-order valence-corrected chi connectivity index (χ3v) is 4.69. The highest BCUT2D eigenvalue weighted by atomic mass is 35.5. The number of alkyl halides is 4. The third kappa shape index (κ3) is 3.33. The first-order chi connectivity index (χ1) is 8.61. The van der Waals surface area contributed by atoms with E-state index in [1.807, 2.05) is 6.92 Å². The lowest BCUT2D eigenvalue weighted by Crippen LogP contribution is -2.30. The van der Waals surface area contributed by atoms with Crippen LogP contribution in [0.1, 0.15) is 6.92 Å². The van der Waals surface area contributed by atoms with Gasteiger partial charge in [0, 0.05) is 24.7 Å². The van der Waals surface area contributed by atoms with Crippen molar-refractivity contribution in [3.05, 3.63) is 24.3 Å². The zero-order chi connectivity index (χ0) is 14.8. The van der Waals surface area contributed by atoms with Crippen molar-refractivity contribution in [2.45, 2.75) is 23.4 Å². The lowest BCUT2D eigenvalue weighted by molar-refractivity contribution is -0.0436. The van der Waals surface area contributed by atoms with Crippen LogP contribution in [-0.2, 0) is 9.84 Å². The van der Waals surface area contributed by atoms with Gasteiger partial charge in [-0.05, 0) is 31.2 Å². The van der Waals surface area contributed by atoms with Crippen molar-refractivity contribution < 1.29 is 21.6 Å². The van der Waals surface area contributed by atoms with Gasteiger partial charge in [-0.1, -0.05) is 0 Å². The molecular weight excluding hydrogens is 303 g/mol. The second-order valence-electron chi connectivity index (χ2n) is 4.06. The molecule has 1 rings (SSSR count). The Morgan fingerprint density at radius 2 is 1.74 bits per heavy atom. The van der Waals surface area contributed by atoms with Crippen LogP contribution in [0.3, 0.4) is 0 Å². The van der Waals surface area contributed by atoms with Gasteiger partial charge < -0.3 is 4.90 Å². The average molecular weight is 316 g/mol. The standard InChI is InChI=1S/C11H13ClF3NO2S/c1-8(7-12)16(2)9-3-5-10(6-4-9)19(17,18)11(13,14)15/h3-6,8H,7H2,1-2H3. The van der Waals surface area contributed by atoms with Crippen molar-refractivity contribution in [2.75, 3.05) is 17.8 Å². The SMILES string of the molecule is CC(CCl)N(C)c1ccc(S(=O)(=O)C(F)(F)F)cc1. The molecule has 108 valence electrons. The summed E-state index contributed by atoms with van der Waals surface area (Å²) < 4.78 is 59.4. The van der Waals surface area contributed by atoms with E-state index in [4.69, 9.17) is 11.6 Å². The van der Waals surface area contributed by atoms with Gasteiger partial charge in [0.1, 0.15) is 0 Å². The summed E-state index contributed by atoms with van der Waals surface area (Å²) >= 11 is 5.67. The fourth-order valence-electron chi connectivity index (χ4n) is 1.35. The highest BCUT2D eigenvalue weighted by Crippen LogP contribution is 2.31. The van der Waals surface area contributed by atoms with Crippen LogP contribution in [0.5, 0.6) is 0 Å². The Morgan fingerprint density at radius 1 is 1.26 bits per heavy atom. The van der Waals surface area contributed by atoms with Crippen molar-refractivity contribution in [3.8, 4) is 0 Å². The van der Waals surface area contributed by atoms with Gasteiger partial charge in [-0.3, -0.25) is 0 Å². The number of benzene rings is 1. The molecule has 19 heavy (non-hydrogen) atoms. The van der Waals surface area contributed by atoms with Gasteiger partial charge in [0.25, 0.3) is 9.84 Å². The Kier molecular flexibility index (Phi) is 4.73. The van der Waals surface area contributed by atoms with E-state index in [9.17, 15) is 21.6 Å². The lowest BCUT2D eigenvalue weighted by Gasteiger charge is -2.25. The Bertz CT molecular complexity index is 528. The summed E-state index contributed by atoms with van der Waals surface area (Å²) in [6, 6.07) is 4.50. The summed E-state index contributed by atoms with van der Waals surface area (Å²) in [5, 5.41) is 0. The van der Waals surface area contributed by atoms with Gasteiger partial charge in [-0.25, -0.2) is 8.42 Å². The number of sulfone groups is 1. The molecule has 0 aliphatic rings. The monoisotopic (exact) mass is 315 g/mol. The summed E-state index contributed by atoms with van der Waals surface area (Å²) in [6.07, 6.45) is 0. The van der Waals surface area contributed by atoms with E-state index < -0.39 is 20.2 Å². The lowest BCUT2D eigenvalue weighted by atomic mass is 10.2. The molecule has 1 atom stereocenters. The zero-order valence-electron chi connectivity index (χ0n) is 10.3. The van der Waals surface area contributed by atoms with Gasteiger partial charge in [-0.15, -0.1) is 11.6 Å². The van der Waals surface area contributed by atoms with Gasteiger partial charge in [0.15, 0.2) is 0 Å². The van der Waals surface area contributed by atoms with Crippen molar-refractivity contribution in [1.29, 1.82) is 0 Å². The Hall–Kier alpha value is -0.950. The Balaban J connectivity index is 3.08. The van der Waals surface area contributed by atoms with E-state index in [0.717, 1.165) is 12.1 Å². The molecule has 0 aromatic heterocycles. The summed E-state index contributed by atoms with van der Waals surface area (Å²) in [7, 11) is -3.57. The number of nitrogens with zero attached hydrogens (tertiary/aromatic N) is 1. The highest BCUT2D eigenvalue weighted by Gasteiger charge is 2.46. The minimum absolute atomic E-state index is 0.0215. The number of hydrogen-bond acceptors (Lipinski definition) is 3. The normalized spacial score (nSPS) is 14.2. The molecule has 1 unspecified atom stereocenters. The van der Waals surface area contributed by atoms with E-state index in [-0.39, 0.29) is 6.04 Å². The van der Waals surface area contributed by atoms with Crippen LogP contribution in [0.25, 0.3) is 0 Å². The number of anilines is 1. The number of rotatable bonds is 4. The fourth-order valence-corrected chi connectivity index (χ4v) is 2.32. The van der Waals surface area contributed by atoms with Crippen molar-refractivity contribution in [1.82, 2.24) is 0 Å². The predicted molar refractivity (Wildman–Crippen MR) is 68.3 cm³/mol. The maximum Gasteiger partial charge on any atom is 0.501 e. The van der Waals surface area contributed by atoms with Crippen LogP contribution < -0.4 is 4.90 Å². The van der Waals surface area contributed by atoms with Crippen LogP contribution in [0.15, 0.2) is 29.2 Å². The highest BCUT2D eigenvalue weighted by molar-refractivity contribution is 7.92. The van der Waals surface area contributed by atoms with Crippen molar-refractivity contribution in [2.24, 2.45) is 0 Å². The first kappa shape index (κ1) is 16.1. The van der Waals surface area contributed by atoms with Crippen LogP contribution in [-0.4, -0.2) is 32.9 Å². The van der Waals surface area contributed by atoms with Crippen LogP contribution in [0.2, 0.25) is 0 Å². The van der Waals surface area contributed by atoms with E-state index in [2.05, 4.69) is 0 Å². The van der Waals surface area contributed by atoms with Gasteiger partial charge in [0.2, 0.25) is 0 Å². The molecule has 0 saturated heterocycles. The molecule has 1 aromatic carbocycles. The van der Waals surface area contributed by atoms with E-state index >= 15 is 0 Å². The van der Waals surface area contributed by atoms with Crippen LogP contribution in [0, 0.1) is 0 Å². The second kappa shape index (κ2) is 5.58. The Morgan fingerprint density at radius 3 is 2.11 bits per heavy atom. The van der Waals surface area contributed by atoms with E-state index in [1.165, 1.54) is 12.1 Å². The molecule has 0 saturated carbocycles. The molecule has 0 aliphatic heterocycles. The summed E-state index contributed by atoms with van der Waals surface area (Å²) in [6.45, 7) is 1.84. The van der Waals surface area contributed by atoms with Crippen molar-refractivity contribution in [3.63, 3.8) is 0 Å². The van der Waals surface area contributed by atoms with Gasteiger partial charge in [0.05, 0.1) is 4.90 Å². The molecule has 0 N–H and O–H groups in total. The molecule has 8 heteroatoms. The third-order valence-electron chi connectivity index (χ3n) is 2.74. The van der Waals surface area contributed by atoms with Gasteiger partial charge >= 0.3 is 5.51 Å². The quantitative estimate of drug-likeness (QED) is 0.801. The number of hydrogen-bond donors (Lipinski definition) is 0. The molecule has 0 radical (unpaired) electrons. The molecule has 0 bridgehead atoms. The smallest absolute Gasteiger partial charge is 0.371 e. The molecule has 0 aliphatic carbocycles. The van der Waals surface area contributed by atoms with Crippen molar-refractivity contribution >= 4 is 27.1 Å². The summed E-state index contributed by atoms with van der Waals surface area (Å²) in [5.41, 5.74) is -4.70. The summed E-state index contributed by atoms with van der Waals surface area (Å²) in [4.78, 5) is 0.979. The molecule has 0 fully saturated rings. The fraction of sp³-hybridized carbons (Fsp3) is 0.455.